The summed E-state index contributed by atoms with van der Waals surface area (Å²) in [5, 5.41) is 0. The summed E-state index contributed by atoms with van der Waals surface area (Å²) in [4.78, 5) is 24.3. The van der Waals surface area contributed by atoms with Gasteiger partial charge in [0.25, 0.3) is 0 Å². The monoisotopic (exact) mass is 345 g/mol. The molecule has 1 rings (SSSR count). The first-order chi connectivity index (χ1) is 9.10. The Morgan fingerprint density at radius 1 is 1.25 bits per heavy atom. The summed E-state index contributed by atoms with van der Waals surface area (Å²) in [6.07, 6.45) is -0.591. The van der Waals surface area contributed by atoms with Crippen LogP contribution >= 0.6 is 15.9 Å². The van der Waals surface area contributed by atoms with Gasteiger partial charge in [-0.25, -0.2) is 14.2 Å². The number of hydrogen-bond donors (Lipinski definition) is 0. The quantitative estimate of drug-likeness (QED) is 0.764. The van der Waals surface area contributed by atoms with Crippen LogP contribution in [0.3, 0.4) is 0 Å². The molecule has 0 N–H and O–H groups in total. The first-order valence-corrected chi connectivity index (χ1v) is 7.17. The third-order valence-corrected chi connectivity index (χ3v) is 3.77. The first kappa shape index (κ1) is 16.8. The van der Waals surface area contributed by atoms with E-state index in [1.807, 2.05) is 0 Å². The molecule has 0 unspecified atom stereocenters. The predicted molar refractivity (Wildman–Crippen MR) is 79.2 cm³/mol. The largest absolute Gasteiger partial charge is 0.461 e. The minimum Gasteiger partial charge on any atom is -0.461 e. The maximum atomic E-state index is 12.3. The Kier molecular flexibility index (Phi) is 5.02. The van der Waals surface area contributed by atoms with Crippen molar-refractivity contribution in [1.82, 2.24) is 4.57 Å². The molecule has 1 heterocycles. The number of ether oxygens (including phenoxy) is 2. The number of aromatic nitrogens is 1. The van der Waals surface area contributed by atoms with Gasteiger partial charge < -0.3 is 9.47 Å². The lowest BCUT2D eigenvalue weighted by Crippen LogP contribution is -2.30. The molecular weight excluding hydrogens is 326 g/mol. The number of nitrogens with zero attached hydrogens (tertiary/aromatic N) is 1. The van der Waals surface area contributed by atoms with E-state index in [0.29, 0.717) is 15.7 Å². The molecule has 0 aromatic carbocycles. The lowest BCUT2D eigenvalue weighted by Gasteiger charge is -2.21. The molecule has 0 spiro atoms. The van der Waals surface area contributed by atoms with Gasteiger partial charge in [-0.05, 0) is 63.0 Å². The highest BCUT2D eigenvalue weighted by Gasteiger charge is 2.29. The number of esters is 1. The number of rotatable bonds is 2. The van der Waals surface area contributed by atoms with Gasteiger partial charge >= 0.3 is 12.1 Å². The topological polar surface area (TPSA) is 57.5 Å². The molecule has 0 aliphatic carbocycles. The van der Waals surface area contributed by atoms with Gasteiger partial charge in [0.15, 0.2) is 0 Å². The minimum absolute atomic E-state index is 0.200. The fraction of sp³-hybridized carbons (Fsp3) is 0.571. The molecule has 0 saturated heterocycles. The second kappa shape index (κ2) is 5.99. The number of hydrogen-bond acceptors (Lipinski definition) is 4. The van der Waals surface area contributed by atoms with Crippen LogP contribution in [0.5, 0.6) is 0 Å². The van der Waals surface area contributed by atoms with Crippen molar-refractivity contribution in [2.75, 3.05) is 6.61 Å². The fourth-order valence-electron chi connectivity index (χ4n) is 1.79. The van der Waals surface area contributed by atoms with Crippen molar-refractivity contribution < 1.29 is 19.1 Å². The van der Waals surface area contributed by atoms with Gasteiger partial charge in [-0.1, -0.05) is 0 Å². The lowest BCUT2D eigenvalue weighted by molar-refractivity contribution is 0.0446. The maximum Gasteiger partial charge on any atom is 0.419 e. The lowest BCUT2D eigenvalue weighted by atomic mass is 10.2. The van der Waals surface area contributed by atoms with E-state index in [4.69, 9.17) is 9.47 Å². The summed E-state index contributed by atoms with van der Waals surface area (Å²) in [7, 11) is 0. The number of halogens is 1. The second-order valence-electron chi connectivity index (χ2n) is 5.41. The highest BCUT2D eigenvalue weighted by molar-refractivity contribution is 9.10. The molecular formula is C14H20BrNO4. The van der Waals surface area contributed by atoms with Crippen LogP contribution in [0.25, 0.3) is 0 Å². The van der Waals surface area contributed by atoms with E-state index < -0.39 is 17.7 Å². The summed E-state index contributed by atoms with van der Waals surface area (Å²) in [6, 6.07) is 0. The van der Waals surface area contributed by atoms with Crippen LogP contribution in [0.1, 0.15) is 49.4 Å². The first-order valence-electron chi connectivity index (χ1n) is 6.38. The van der Waals surface area contributed by atoms with Crippen LogP contribution < -0.4 is 0 Å². The second-order valence-corrected chi connectivity index (χ2v) is 6.20. The Morgan fingerprint density at radius 3 is 2.25 bits per heavy atom. The van der Waals surface area contributed by atoms with Crippen LogP contribution in [0, 0.1) is 13.8 Å². The highest BCUT2D eigenvalue weighted by atomic mass is 79.9. The van der Waals surface area contributed by atoms with Crippen molar-refractivity contribution in [1.29, 1.82) is 0 Å². The van der Waals surface area contributed by atoms with Crippen molar-refractivity contribution in [3.05, 3.63) is 21.4 Å². The molecule has 0 atom stereocenters. The van der Waals surface area contributed by atoms with Crippen LogP contribution in [0.2, 0.25) is 0 Å². The Bertz CT molecular complexity index is 540. The molecule has 5 nitrogen and oxygen atoms in total. The van der Waals surface area contributed by atoms with Gasteiger partial charge in [0, 0.05) is 10.2 Å². The highest BCUT2D eigenvalue weighted by Crippen LogP contribution is 2.28. The zero-order chi connectivity index (χ0) is 15.7. The van der Waals surface area contributed by atoms with E-state index in [0.717, 1.165) is 0 Å². The number of carbonyl (C=O) groups is 2. The van der Waals surface area contributed by atoms with Crippen molar-refractivity contribution in [3.8, 4) is 0 Å². The van der Waals surface area contributed by atoms with Gasteiger partial charge in [-0.15, -0.1) is 0 Å². The Balaban J connectivity index is 3.34. The van der Waals surface area contributed by atoms with Gasteiger partial charge in [0.05, 0.1) is 6.61 Å². The van der Waals surface area contributed by atoms with Gasteiger partial charge in [-0.3, -0.25) is 0 Å². The molecule has 0 amide bonds. The summed E-state index contributed by atoms with van der Waals surface area (Å²) in [6.45, 7) is 10.8. The third-order valence-electron chi connectivity index (χ3n) is 2.61. The molecule has 1 aromatic rings. The Morgan fingerprint density at radius 2 is 1.80 bits per heavy atom. The summed E-state index contributed by atoms with van der Waals surface area (Å²) in [5.41, 5.74) is 0.831. The minimum atomic E-state index is -0.639. The third kappa shape index (κ3) is 3.42. The smallest absolute Gasteiger partial charge is 0.419 e. The molecule has 0 fully saturated rings. The molecule has 1 aromatic heterocycles. The van der Waals surface area contributed by atoms with Crippen molar-refractivity contribution in [2.24, 2.45) is 0 Å². The SMILES string of the molecule is CCOC(=O)c1c(C)c(Br)c(C)n1C(=O)OC(C)(C)C. The molecule has 0 aliphatic rings. The van der Waals surface area contributed by atoms with Gasteiger partial charge in [0.1, 0.15) is 11.3 Å². The molecule has 0 saturated carbocycles. The Hall–Kier alpha value is -1.30. The van der Waals surface area contributed by atoms with E-state index in [-0.39, 0.29) is 12.3 Å². The maximum absolute atomic E-state index is 12.3. The van der Waals surface area contributed by atoms with E-state index >= 15 is 0 Å². The average molecular weight is 346 g/mol. The fourth-order valence-corrected chi connectivity index (χ4v) is 2.15. The zero-order valence-electron chi connectivity index (χ0n) is 12.7. The van der Waals surface area contributed by atoms with E-state index in [2.05, 4.69) is 15.9 Å². The van der Waals surface area contributed by atoms with E-state index in [1.54, 1.807) is 41.5 Å². The van der Waals surface area contributed by atoms with E-state index in [9.17, 15) is 9.59 Å². The normalized spacial score (nSPS) is 11.3. The molecule has 0 bridgehead atoms. The standard InChI is InChI=1S/C14H20BrNO4/c1-7-19-12(17)11-8(2)10(15)9(3)16(11)13(18)20-14(4,5)6/h7H2,1-6H3. The van der Waals surface area contributed by atoms with Gasteiger partial charge in [-0.2, -0.15) is 0 Å². The van der Waals surface area contributed by atoms with Gasteiger partial charge in [0.2, 0.25) is 0 Å². The summed E-state index contributed by atoms with van der Waals surface area (Å²) >= 11 is 3.38. The molecule has 0 aliphatic heterocycles. The molecule has 0 radical (unpaired) electrons. The molecule has 112 valence electrons. The molecule has 20 heavy (non-hydrogen) atoms. The van der Waals surface area contributed by atoms with Crippen LogP contribution in [0.15, 0.2) is 4.47 Å². The zero-order valence-corrected chi connectivity index (χ0v) is 14.3. The summed E-state index contributed by atoms with van der Waals surface area (Å²) in [5.74, 6) is -0.537. The number of carbonyl (C=O) groups excluding carboxylic acids is 2. The van der Waals surface area contributed by atoms with Crippen molar-refractivity contribution in [2.45, 2.75) is 47.1 Å². The summed E-state index contributed by atoms with van der Waals surface area (Å²) < 4.78 is 12.3. The van der Waals surface area contributed by atoms with Crippen LogP contribution in [-0.2, 0) is 9.47 Å². The van der Waals surface area contributed by atoms with Crippen LogP contribution in [0.4, 0.5) is 4.79 Å². The average Bonchev–Trinajstić information content (AvgIpc) is 2.51. The molecule has 6 heteroatoms. The van der Waals surface area contributed by atoms with E-state index in [1.165, 1.54) is 4.57 Å². The van der Waals surface area contributed by atoms with Crippen molar-refractivity contribution in [3.63, 3.8) is 0 Å². The van der Waals surface area contributed by atoms with Crippen LogP contribution in [-0.4, -0.2) is 28.8 Å². The Labute approximate surface area is 127 Å². The predicted octanol–water partition coefficient (Wildman–Crippen LogP) is 3.83. The van der Waals surface area contributed by atoms with Crippen molar-refractivity contribution >= 4 is 28.0 Å².